The Morgan fingerprint density at radius 1 is 1.40 bits per heavy atom. The van der Waals surface area contributed by atoms with E-state index in [4.69, 9.17) is 6.58 Å². The molecule has 1 aromatic rings. The van der Waals surface area contributed by atoms with E-state index < -0.39 is 0 Å². The Hall–Kier alpha value is -0.461. The third-order valence-corrected chi connectivity index (χ3v) is 0.859. The summed E-state index contributed by atoms with van der Waals surface area (Å²) >= 11 is 0. The summed E-state index contributed by atoms with van der Waals surface area (Å²) in [4.78, 5) is 3.92. The molecule has 1 radical (unpaired) electrons. The molecule has 1 rings (SSSR count). The van der Waals surface area contributed by atoms with Gasteiger partial charge in [0.05, 0.1) is 0 Å². The van der Waals surface area contributed by atoms with Crippen molar-refractivity contribution in [2.45, 2.75) is 0 Å². The van der Waals surface area contributed by atoms with Crippen LogP contribution in [0.4, 0.5) is 0 Å². The first-order valence-electron chi connectivity index (χ1n) is 2.39. The molecule has 0 unspecified atom stereocenters. The minimum Gasteiger partial charge on any atom is -0.358 e. The molecule has 10 heavy (non-hydrogen) atoms. The first-order valence-corrected chi connectivity index (χ1v) is 2.39. The van der Waals surface area contributed by atoms with Crippen LogP contribution in [-0.4, -0.2) is 4.98 Å². The van der Waals surface area contributed by atoms with Crippen molar-refractivity contribution in [1.29, 1.82) is 0 Å². The van der Waals surface area contributed by atoms with E-state index in [1.807, 2.05) is 18.2 Å². The standard InChI is InChI=1S/C7H6N.CH3.Ir/c1-2-7-5-3-4-6-8-7;;/h1-6H;1H3;/q2*-1;. The van der Waals surface area contributed by atoms with Gasteiger partial charge in [-0.25, -0.2) is 6.08 Å². The summed E-state index contributed by atoms with van der Waals surface area (Å²) in [5.41, 5.74) is 0.813. The average Bonchev–Trinajstić information content (AvgIpc) is 1.90. The summed E-state index contributed by atoms with van der Waals surface area (Å²) in [5.74, 6) is 0. The molecule has 0 aromatic carbocycles. The number of nitrogens with zero attached hydrogens (tertiary/aromatic N) is 1. The largest absolute Gasteiger partial charge is 0.358 e. The summed E-state index contributed by atoms with van der Waals surface area (Å²) in [5, 5.41) is 0. The first-order chi connectivity index (χ1) is 3.93. The number of pyridine rings is 1. The molecule has 0 N–H and O–H groups in total. The van der Waals surface area contributed by atoms with Crippen molar-refractivity contribution in [3.63, 3.8) is 0 Å². The molecule has 57 valence electrons. The Morgan fingerprint density at radius 3 is 2.40 bits per heavy atom. The fourth-order valence-corrected chi connectivity index (χ4v) is 0.475. The van der Waals surface area contributed by atoms with Crippen molar-refractivity contribution >= 4 is 6.08 Å². The number of rotatable bonds is 1. The van der Waals surface area contributed by atoms with Crippen LogP contribution >= 0.6 is 0 Å². The van der Waals surface area contributed by atoms with Gasteiger partial charge in [0, 0.05) is 26.3 Å². The maximum atomic E-state index is 5.16. The number of hydrogen-bond acceptors (Lipinski definition) is 1. The van der Waals surface area contributed by atoms with Crippen LogP contribution in [-0.2, 0) is 20.1 Å². The van der Waals surface area contributed by atoms with Gasteiger partial charge in [-0.1, -0.05) is 11.8 Å². The molecule has 0 aliphatic carbocycles. The van der Waals surface area contributed by atoms with Crippen molar-refractivity contribution < 1.29 is 20.1 Å². The van der Waals surface area contributed by atoms with Crippen LogP contribution < -0.4 is 0 Å². The SMILES string of the molecule is [CH-]=Cc1ccccn1.[CH3-].[Ir]. The first kappa shape index (κ1) is 12.2. The van der Waals surface area contributed by atoms with Gasteiger partial charge in [0.15, 0.2) is 0 Å². The van der Waals surface area contributed by atoms with E-state index in [1.54, 1.807) is 6.20 Å². The van der Waals surface area contributed by atoms with Gasteiger partial charge < -0.3 is 12.4 Å². The predicted octanol–water partition coefficient (Wildman–Crippen LogP) is 1.98. The quantitative estimate of drug-likeness (QED) is 0.723. The fourth-order valence-electron chi connectivity index (χ4n) is 0.475. The fraction of sp³-hybridized carbons (Fsp3) is 0. The van der Waals surface area contributed by atoms with Gasteiger partial charge in [-0.15, -0.1) is 6.07 Å². The smallest absolute Gasteiger partial charge is 0.00534 e. The molecule has 0 aliphatic rings. The monoisotopic (exact) mass is 312 g/mol. The molecule has 0 spiro atoms. The third-order valence-electron chi connectivity index (χ3n) is 0.859. The zero-order valence-electron chi connectivity index (χ0n) is 5.74. The van der Waals surface area contributed by atoms with Gasteiger partial charge in [-0.3, -0.25) is 6.58 Å². The van der Waals surface area contributed by atoms with E-state index in [0.717, 1.165) is 5.69 Å². The second-order valence-electron chi connectivity index (χ2n) is 1.42. The Balaban J connectivity index is 0. The van der Waals surface area contributed by atoms with E-state index in [2.05, 4.69) is 4.98 Å². The van der Waals surface area contributed by atoms with Crippen LogP contribution in [0.2, 0.25) is 0 Å². The summed E-state index contributed by atoms with van der Waals surface area (Å²) in [6, 6.07) is 5.60. The van der Waals surface area contributed by atoms with Crippen molar-refractivity contribution in [3.8, 4) is 0 Å². The third kappa shape index (κ3) is 3.54. The number of aromatic nitrogens is 1. The van der Waals surface area contributed by atoms with E-state index in [0.29, 0.717) is 0 Å². The molecule has 0 saturated carbocycles. The van der Waals surface area contributed by atoms with E-state index in [1.165, 1.54) is 6.08 Å². The summed E-state index contributed by atoms with van der Waals surface area (Å²) in [6.45, 7) is 5.16. The van der Waals surface area contributed by atoms with Gasteiger partial charge in [0.2, 0.25) is 0 Å². The minimum atomic E-state index is 0. The van der Waals surface area contributed by atoms with Crippen molar-refractivity contribution in [2.75, 3.05) is 0 Å². The van der Waals surface area contributed by atoms with Gasteiger partial charge in [0.1, 0.15) is 0 Å². The molecule has 0 fully saturated rings. The molecule has 0 aliphatic heterocycles. The summed E-state index contributed by atoms with van der Waals surface area (Å²) in [6.07, 6.45) is 3.18. The van der Waals surface area contributed by atoms with Crippen molar-refractivity contribution in [3.05, 3.63) is 44.1 Å². The van der Waals surface area contributed by atoms with Crippen LogP contribution in [0.15, 0.2) is 24.4 Å². The molecule has 0 atom stereocenters. The maximum absolute atomic E-state index is 5.16. The van der Waals surface area contributed by atoms with Gasteiger partial charge in [-0.05, 0) is 6.07 Å². The Bertz CT molecular complexity index is 172. The van der Waals surface area contributed by atoms with Gasteiger partial charge in [-0.2, -0.15) is 0 Å². The van der Waals surface area contributed by atoms with Crippen LogP contribution in [0.1, 0.15) is 5.69 Å². The second kappa shape index (κ2) is 6.66. The summed E-state index contributed by atoms with van der Waals surface area (Å²) in [7, 11) is 0. The molecular weight excluding hydrogens is 302 g/mol. The van der Waals surface area contributed by atoms with Crippen LogP contribution in [0.3, 0.4) is 0 Å². The molecule has 1 nitrogen and oxygen atoms in total. The van der Waals surface area contributed by atoms with Crippen LogP contribution in [0.25, 0.3) is 6.08 Å². The molecule has 0 bridgehead atoms. The van der Waals surface area contributed by atoms with Crippen LogP contribution in [0, 0.1) is 14.0 Å². The molecular formula is C8H9IrN-2. The molecule has 0 amide bonds. The van der Waals surface area contributed by atoms with E-state index in [9.17, 15) is 0 Å². The minimum absolute atomic E-state index is 0. The molecule has 1 heterocycles. The summed E-state index contributed by atoms with van der Waals surface area (Å²) < 4.78 is 0. The van der Waals surface area contributed by atoms with Gasteiger partial charge >= 0.3 is 0 Å². The topological polar surface area (TPSA) is 12.9 Å². The normalized spacial score (nSPS) is 6.80. The Morgan fingerprint density at radius 2 is 2.10 bits per heavy atom. The molecule has 1 aromatic heterocycles. The molecule has 2 heteroatoms. The average molecular weight is 311 g/mol. The van der Waals surface area contributed by atoms with Gasteiger partial charge in [0.25, 0.3) is 0 Å². The molecule has 0 saturated heterocycles. The number of hydrogen-bond donors (Lipinski definition) is 0. The predicted molar refractivity (Wildman–Crippen MR) is 39.4 cm³/mol. The van der Waals surface area contributed by atoms with Crippen LogP contribution in [0.5, 0.6) is 0 Å². The van der Waals surface area contributed by atoms with E-state index in [-0.39, 0.29) is 27.5 Å². The maximum Gasteiger partial charge on any atom is 0.00534 e. The zero-order valence-corrected chi connectivity index (χ0v) is 8.14. The Kier molecular flexibility index (Phi) is 8.15. The Labute approximate surface area is 75.5 Å². The zero-order chi connectivity index (χ0) is 5.82. The van der Waals surface area contributed by atoms with E-state index >= 15 is 0 Å². The second-order valence-corrected chi connectivity index (χ2v) is 1.42. The van der Waals surface area contributed by atoms with Crippen molar-refractivity contribution in [2.24, 2.45) is 0 Å². The van der Waals surface area contributed by atoms with Crippen molar-refractivity contribution in [1.82, 2.24) is 4.98 Å².